The zero-order chi connectivity index (χ0) is 14.2. The van der Waals surface area contributed by atoms with Gasteiger partial charge >= 0.3 is 11.9 Å². The minimum atomic E-state index is -1.27. The lowest BCUT2D eigenvalue weighted by Crippen LogP contribution is -2.43. The van der Waals surface area contributed by atoms with Crippen LogP contribution in [0.1, 0.15) is 25.7 Å². The fourth-order valence-electron chi connectivity index (χ4n) is 3.12. The fraction of sp³-hybridized carbons (Fsp3) is 0.467. The Morgan fingerprint density at radius 1 is 1.00 bits per heavy atom. The predicted molar refractivity (Wildman–Crippen MR) is 70.2 cm³/mol. The molecule has 0 heterocycles. The van der Waals surface area contributed by atoms with Crippen molar-refractivity contribution in [2.24, 2.45) is 5.41 Å². The maximum Gasteiger partial charge on any atom is 0.323 e. The molecule has 0 saturated carbocycles. The van der Waals surface area contributed by atoms with Crippen LogP contribution in [0.15, 0.2) is 35.5 Å². The summed E-state index contributed by atoms with van der Waals surface area (Å²) in [5.41, 5.74) is 2.67. The molecule has 0 unspecified atom stereocenters. The average Bonchev–Trinajstić information content (AvgIpc) is 2.78. The van der Waals surface area contributed by atoms with E-state index >= 15 is 0 Å². The van der Waals surface area contributed by atoms with Gasteiger partial charge in [0.25, 0.3) is 0 Å². The highest BCUT2D eigenvalue weighted by atomic mass is 16.5. The second-order valence-electron chi connectivity index (χ2n) is 5.10. The van der Waals surface area contributed by atoms with E-state index < -0.39 is 17.4 Å². The van der Waals surface area contributed by atoms with Gasteiger partial charge in [0.05, 0.1) is 14.2 Å². The van der Waals surface area contributed by atoms with Crippen LogP contribution in [0.2, 0.25) is 0 Å². The minimum absolute atomic E-state index is 0.240. The molecule has 2 rings (SSSR count). The molecule has 0 spiro atoms. The van der Waals surface area contributed by atoms with Crippen LogP contribution in [-0.4, -0.2) is 26.2 Å². The molecule has 19 heavy (non-hydrogen) atoms. The van der Waals surface area contributed by atoms with Crippen LogP contribution >= 0.6 is 0 Å². The van der Waals surface area contributed by atoms with Crippen molar-refractivity contribution in [3.63, 3.8) is 0 Å². The first-order chi connectivity index (χ1) is 8.96. The molecule has 0 atom stereocenters. The first-order valence-electron chi connectivity index (χ1n) is 6.21. The molecule has 4 heteroatoms. The predicted octanol–water partition coefficient (Wildman–Crippen LogP) is 2.32. The Balaban J connectivity index is 2.47. The maximum atomic E-state index is 12.1. The van der Waals surface area contributed by atoms with E-state index in [0.29, 0.717) is 6.42 Å². The molecule has 0 fully saturated rings. The molecule has 0 aromatic rings. The molecular weight excluding hydrogens is 244 g/mol. The first-order valence-corrected chi connectivity index (χ1v) is 6.21. The zero-order valence-corrected chi connectivity index (χ0v) is 11.4. The number of hydrogen-bond acceptors (Lipinski definition) is 4. The Labute approximate surface area is 112 Å². The van der Waals surface area contributed by atoms with Crippen molar-refractivity contribution in [1.82, 2.24) is 0 Å². The Hall–Kier alpha value is -1.84. The number of methoxy groups -OCH3 is 2. The van der Waals surface area contributed by atoms with Crippen molar-refractivity contribution in [2.75, 3.05) is 14.2 Å². The molecule has 2 aliphatic carbocycles. The molecular formula is C15H18O4. The third kappa shape index (κ3) is 1.91. The van der Waals surface area contributed by atoms with Gasteiger partial charge in [0.1, 0.15) is 0 Å². The minimum Gasteiger partial charge on any atom is -0.468 e. The summed E-state index contributed by atoms with van der Waals surface area (Å²) in [6, 6.07) is 0. The molecule has 2 aliphatic rings. The highest BCUT2D eigenvalue weighted by Gasteiger charge is 2.52. The van der Waals surface area contributed by atoms with Crippen LogP contribution in [0, 0.1) is 5.41 Å². The van der Waals surface area contributed by atoms with E-state index in [4.69, 9.17) is 9.47 Å². The second-order valence-corrected chi connectivity index (χ2v) is 5.10. The van der Waals surface area contributed by atoms with Crippen LogP contribution in [0.3, 0.4) is 0 Å². The quantitative estimate of drug-likeness (QED) is 0.566. The first kappa shape index (κ1) is 13.6. The highest BCUT2D eigenvalue weighted by molar-refractivity contribution is 6.01. The highest BCUT2D eigenvalue weighted by Crippen LogP contribution is 2.50. The normalized spacial score (nSPS) is 21.2. The van der Waals surface area contributed by atoms with Gasteiger partial charge in [-0.05, 0) is 42.4 Å². The molecule has 0 saturated heterocycles. The largest absolute Gasteiger partial charge is 0.468 e. The molecule has 0 bridgehead atoms. The Morgan fingerprint density at radius 3 is 2.11 bits per heavy atom. The van der Waals surface area contributed by atoms with E-state index in [1.165, 1.54) is 14.2 Å². The van der Waals surface area contributed by atoms with Crippen molar-refractivity contribution in [1.29, 1.82) is 0 Å². The Bertz CT molecular complexity index is 494. The number of ether oxygens (including phenoxy) is 2. The number of carbonyl (C=O) groups is 2. The van der Waals surface area contributed by atoms with Gasteiger partial charge in [-0.1, -0.05) is 18.7 Å². The third-order valence-corrected chi connectivity index (χ3v) is 3.97. The van der Waals surface area contributed by atoms with Crippen molar-refractivity contribution >= 4 is 11.9 Å². The van der Waals surface area contributed by atoms with Crippen LogP contribution in [0.4, 0.5) is 0 Å². The Morgan fingerprint density at radius 2 is 1.58 bits per heavy atom. The number of rotatable bonds is 2. The van der Waals surface area contributed by atoms with Crippen molar-refractivity contribution in [3.05, 3.63) is 35.5 Å². The van der Waals surface area contributed by atoms with E-state index in [0.717, 1.165) is 35.1 Å². The van der Waals surface area contributed by atoms with Gasteiger partial charge in [0.15, 0.2) is 5.41 Å². The third-order valence-electron chi connectivity index (χ3n) is 3.97. The van der Waals surface area contributed by atoms with Gasteiger partial charge in [-0.15, -0.1) is 0 Å². The lowest BCUT2D eigenvalue weighted by molar-refractivity contribution is -0.169. The van der Waals surface area contributed by atoms with Gasteiger partial charge in [-0.2, -0.15) is 0 Å². The van der Waals surface area contributed by atoms with Gasteiger partial charge in [0.2, 0.25) is 0 Å². The lowest BCUT2D eigenvalue weighted by atomic mass is 9.70. The second kappa shape index (κ2) is 4.68. The number of esters is 2. The molecule has 102 valence electrons. The average molecular weight is 262 g/mol. The van der Waals surface area contributed by atoms with Crippen LogP contribution in [0.25, 0.3) is 0 Å². The van der Waals surface area contributed by atoms with Gasteiger partial charge in [-0.3, -0.25) is 9.59 Å². The molecule has 0 aromatic heterocycles. The number of hydrogen-bond donors (Lipinski definition) is 0. The molecule has 0 aromatic carbocycles. The van der Waals surface area contributed by atoms with E-state index in [2.05, 4.69) is 13.2 Å². The smallest absolute Gasteiger partial charge is 0.323 e. The summed E-state index contributed by atoms with van der Waals surface area (Å²) in [6.45, 7) is 8.02. The molecule has 0 radical (unpaired) electrons. The van der Waals surface area contributed by atoms with Crippen molar-refractivity contribution < 1.29 is 19.1 Å². The van der Waals surface area contributed by atoms with Crippen LogP contribution in [-0.2, 0) is 19.1 Å². The summed E-state index contributed by atoms with van der Waals surface area (Å²) in [7, 11) is 2.57. The molecule has 0 aliphatic heterocycles. The van der Waals surface area contributed by atoms with Gasteiger partial charge in [-0.25, -0.2) is 0 Å². The lowest BCUT2D eigenvalue weighted by Gasteiger charge is -2.34. The molecule has 0 amide bonds. The van der Waals surface area contributed by atoms with Crippen molar-refractivity contribution in [3.8, 4) is 0 Å². The monoisotopic (exact) mass is 262 g/mol. The zero-order valence-electron chi connectivity index (χ0n) is 11.4. The summed E-state index contributed by atoms with van der Waals surface area (Å²) in [6.07, 6.45) is 2.27. The Kier molecular flexibility index (Phi) is 3.35. The fourth-order valence-corrected chi connectivity index (χ4v) is 3.12. The topological polar surface area (TPSA) is 52.6 Å². The molecule has 0 N–H and O–H groups in total. The standard InChI is InChI=1S/C15H18O4/c1-9-5-6-11-8-15(13(16)18-3,14(17)19-4)7-10(2)12(9)11/h1-2,5-8H2,3-4H3. The SMILES string of the molecule is C=C1CCC2=C1C(=C)CC(C(=O)OC)(C(=O)OC)C2. The summed E-state index contributed by atoms with van der Waals surface area (Å²) in [5.74, 6) is -1.10. The maximum absolute atomic E-state index is 12.1. The van der Waals surface area contributed by atoms with Gasteiger partial charge in [0, 0.05) is 0 Å². The van der Waals surface area contributed by atoms with E-state index in [9.17, 15) is 9.59 Å². The summed E-state index contributed by atoms with van der Waals surface area (Å²) in [5, 5.41) is 0. The molecule has 4 nitrogen and oxygen atoms in total. The van der Waals surface area contributed by atoms with Crippen LogP contribution in [0.5, 0.6) is 0 Å². The summed E-state index contributed by atoms with van der Waals surface area (Å²) in [4.78, 5) is 24.2. The van der Waals surface area contributed by atoms with E-state index in [1.54, 1.807) is 0 Å². The number of carbonyl (C=O) groups excluding carboxylic acids is 2. The van der Waals surface area contributed by atoms with E-state index in [1.807, 2.05) is 0 Å². The van der Waals surface area contributed by atoms with Crippen LogP contribution < -0.4 is 0 Å². The number of allylic oxidation sites excluding steroid dienone is 4. The van der Waals surface area contributed by atoms with E-state index in [-0.39, 0.29) is 6.42 Å². The van der Waals surface area contributed by atoms with Crippen molar-refractivity contribution in [2.45, 2.75) is 25.7 Å². The summed E-state index contributed by atoms with van der Waals surface area (Å²) < 4.78 is 9.63. The summed E-state index contributed by atoms with van der Waals surface area (Å²) >= 11 is 0. The van der Waals surface area contributed by atoms with Gasteiger partial charge < -0.3 is 9.47 Å².